The molecule has 9 heteroatoms. The standard InChI is InChI=1S/C20H17FN4O4/c1-12(26)22-9-14-11-29-20(28)25(14)13-5-6-15(16(21)8-13)19(27)17-10-23-18-4-2-3-7-24(17)18/h2-8,10,14H,9,11H2,1H3,(H,22,26). The predicted molar refractivity (Wildman–Crippen MR) is 101 cm³/mol. The van der Waals surface area contributed by atoms with Crippen LogP contribution in [-0.2, 0) is 9.53 Å². The van der Waals surface area contributed by atoms with Crippen LogP contribution in [0.25, 0.3) is 5.65 Å². The van der Waals surface area contributed by atoms with Crippen molar-refractivity contribution in [2.45, 2.75) is 13.0 Å². The highest BCUT2D eigenvalue weighted by molar-refractivity contribution is 6.08. The quantitative estimate of drug-likeness (QED) is 0.667. The molecule has 1 aromatic carbocycles. The maximum atomic E-state index is 14.8. The van der Waals surface area contributed by atoms with E-state index in [9.17, 15) is 18.8 Å². The second-order valence-corrected chi connectivity index (χ2v) is 6.60. The predicted octanol–water partition coefficient (Wildman–Crippen LogP) is 2.17. The van der Waals surface area contributed by atoms with Crippen LogP contribution < -0.4 is 10.2 Å². The highest BCUT2D eigenvalue weighted by Gasteiger charge is 2.35. The van der Waals surface area contributed by atoms with E-state index >= 15 is 0 Å². The summed E-state index contributed by atoms with van der Waals surface area (Å²) in [5.41, 5.74) is 0.922. The summed E-state index contributed by atoms with van der Waals surface area (Å²) >= 11 is 0. The van der Waals surface area contributed by atoms with Gasteiger partial charge in [0, 0.05) is 19.7 Å². The number of fused-ring (bicyclic) bond motifs is 1. The van der Waals surface area contributed by atoms with Crippen molar-refractivity contribution in [1.82, 2.24) is 14.7 Å². The van der Waals surface area contributed by atoms with Gasteiger partial charge in [-0.05, 0) is 30.3 Å². The fourth-order valence-electron chi connectivity index (χ4n) is 3.27. The molecule has 4 rings (SSSR count). The molecule has 2 aromatic heterocycles. The Morgan fingerprint density at radius 1 is 1.31 bits per heavy atom. The average Bonchev–Trinajstić information content (AvgIpc) is 3.29. The van der Waals surface area contributed by atoms with Crippen molar-refractivity contribution in [2.75, 3.05) is 18.1 Å². The Balaban J connectivity index is 1.63. The SMILES string of the molecule is CC(=O)NCC1COC(=O)N1c1ccc(C(=O)c2cnc3ccccn23)c(F)c1. The normalized spacial score (nSPS) is 16.1. The number of ether oxygens (including phenoxy) is 1. The fourth-order valence-corrected chi connectivity index (χ4v) is 3.27. The first-order valence-electron chi connectivity index (χ1n) is 8.92. The van der Waals surface area contributed by atoms with Gasteiger partial charge in [-0.2, -0.15) is 0 Å². The number of nitrogens with zero attached hydrogens (tertiary/aromatic N) is 3. The molecule has 3 heterocycles. The lowest BCUT2D eigenvalue weighted by Gasteiger charge is -2.22. The second-order valence-electron chi connectivity index (χ2n) is 6.60. The number of ketones is 1. The molecule has 1 aliphatic rings. The average molecular weight is 396 g/mol. The van der Waals surface area contributed by atoms with Gasteiger partial charge < -0.3 is 10.1 Å². The molecule has 148 valence electrons. The highest BCUT2D eigenvalue weighted by atomic mass is 19.1. The molecule has 1 atom stereocenters. The zero-order valence-electron chi connectivity index (χ0n) is 15.5. The number of halogens is 1. The van der Waals surface area contributed by atoms with Crippen LogP contribution in [0.4, 0.5) is 14.9 Å². The summed E-state index contributed by atoms with van der Waals surface area (Å²) in [7, 11) is 0. The van der Waals surface area contributed by atoms with Crippen molar-refractivity contribution in [2.24, 2.45) is 0 Å². The topological polar surface area (TPSA) is 93.0 Å². The van der Waals surface area contributed by atoms with Gasteiger partial charge >= 0.3 is 6.09 Å². The van der Waals surface area contributed by atoms with Crippen molar-refractivity contribution < 1.29 is 23.5 Å². The van der Waals surface area contributed by atoms with Crippen LogP contribution in [0, 0.1) is 5.82 Å². The third-order valence-corrected chi connectivity index (χ3v) is 4.67. The molecule has 0 spiro atoms. The van der Waals surface area contributed by atoms with Crippen LogP contribution in [0.5, 0.6) is 0 Å². The van der Waals surface area contributed by atoms with E-state index in [2.05, 4.69) is 10.3 Å². The summed E-state index contributed by atoms with van der Waals surface area (Å²) in [5.74, 6) is -1.53. The molecular weight excluding hydrogens is 379 g/mol. The van der Waals surface area contributed by atoms with E-state index < -0.39 is 23.7 Å². The maximum absolute atomic E-state index is 14.8. The smallest absolute Gasteiger partial charge is 0.414 e. The van der Waals surface area contributed by atoms with Gasteiger partial charge in [0.2, 0.25) is 11.7 Å². The monoisotopic (exact) mass is 396 g/mol. The molecule has 2 amide bonds. The minimum Gasteiger partial charge on any atom is -0.447 e. The van der Waals surface area contributed by atoms with Gasteiger partial charge in [-0.1, -0.05) is 6.07 Å². The Labute approximate surface area is 164 Å². The van der Waals surface area contributed by atoms with Gasteiger partial charge in [0.05, 0.1) is 23.5 Å². The third kappa shape index (κ3) is 3.42. The number of pyridine rings is 1. The molecular formula is C20H17FN4O4. The largest absolute Gasteiger partial charge is 0.447 e. The molecule has 8 nitrogen and oxygen atoms in total. The van der Waals surface area contributed by atoms with E-state index in [0.29, 0.717) is 5.65 Å². The summed E-state index contributed by atoms with van der Waals surface area (Å²) in [6, 6.07) is 8.74. The Morgan fingerprint density at radius 3 is 2.90 bits per heavy atom. The number of aromatic nitrogens is 2. The molecule has 0 saturated carbocycles. The van der Waals surface area contributed by atoms with E-state index in [1.165, 1.54) is 30.2 Å². The fraction of sp³-hybridized carbons (Fsp3) is 0.200. The molecule has 1 unspecified atom stereocenters. The lowest BCUT2D eigenvalue weighted by molar-refractivity contribution is -0.119. The lowest BCUT2D eigenvalue weighted by Crippen LogP contribution is -2.42. The first kappa shape index (κ1) is 18.6. The zero-order chi connectivity index (χ0) is 20.5. The van der Waals surface area contributed by atoms with Crippen LogP contribution in [0.3, 0.4) is 0 Å². The van der Waals surface area contributed by atoms with Crippen molar-refractivity contribution >= 4 is 29.1 Å². The van der Waals surface area contributed by atoms with Crippen LogP contribution >= 0.6 is 0 Å². The van der Waals surface area contributed by atoms with E-state index in [4.69, 9.17) is 4.74 Å². The van der Waals surface area contributed by atoms with Gasteiger partial charge in [-0.25, -0.2) is 14.2 Å². The highest BCUT2D eigenvalue weighted by Crippen LogP contribution is 2.26. The number of carbonyl (C=O) groups excluding carboxylic acids is 3. The molecule has 1 N–H and O–H groups in total. The van der Waals surface area contributed by atoms with Gasteiger partial charge in [0.25, 0.3) is 0 Å². The molecule has 0 bridgehead atoms. The zero-order valence-corrected chi connectivity index (χ0v) is 15.5. The Hall–Kier alpha value is -3.75. The van der Waals surface area contributed by atoms with Crippen molar-refractivity contribution in [3.63, 3.8) is 0 Å². The molecule has 1 fully saturated rings. The number of anilines is 1. The number of cyclic esters (lactones) is 1. The Bertz CT molecular complexity index is 1130. The number of imidazole rings is 1. The first-order chi connectivity index (χ1) is 14.0. The van der Waals surface area contributed by atoms with Gasteiger partial charge in [-0.15, -0.1) is 0 Å². The van der Waals surface area contributed by atoms with Crippen LogP contribution in [-0.4, -0.2) is 46.4 Å². The molecule has 3 aromatic rings. The number of benzene rings is 1. The molecule has 1 aliphatic heterocycles. The number of rotatable bonds is 5. The van der Waals surface area contributed by atoms with Crippen molar-refractivity contribution in [3.8, 4) is 0 Å². The van der Waals surface area contributed by atoms with Crippen LogP contribution in [0.1, 0.15) is 23.0 Å². The summed E-state index contributed by atoms with van der Waals surface area (Å²) < 4.78 is 21.4. The number of hydrogen-bond acceptors (Lipinski definition) is 5. The minimum atomic E-state index is -0.767. The number of amides is 2. The number of nitrogens with one attached hydrogen (secondary N) is 1. The van der Waals surface area contributed by atoms with Crippen molar-refractivity contribution in [1.29, 1.82) is 0 Å². The molecule has 0 aliphatic carbocycles. The van der Waals surface area contributed by atoms with Crippen LogP contribution in [0.2, 0.25) is 0 Å². The van der Waals surface area contributed by atoms with Gasteiger partial charge in [0.15, 0.2) is 0 Å². The van der Waals surface area contributed by atoms with Gasteiger partial charge in [-0.3, -0.25) is 18.9 Å². The summed E-state index contributed by atoms with van der Waals surface area (Å²) in [6.45, 7) is 1.61. The molecule has 29 heavy (non-hydrogen) atoms. The minimum absolute atomic E-state index is 0.0726. The van der Waals surface area contributed by atoms with E-state index in [1.807, 2.05) is 0 Å². The van der Waals surface area contributed by atoms with E-state index in [1.54, 1.807) is 28.8 Å². The maximum Gasteiger partial charge on any atom is 0.414 e. The van der Waals surface area contributed by atoms with E-state index in [0.717, 1.165) is 6.07 Å². The summed E-state index contributed by atoms with van der Waals surface area (Å²) in [4.78, 5) is 41.5. The lowest BCUT2D eigenvalue weighted by atomic mass is 10.1. The summed E-state index contributed by atoms with van der Waals surface area (Å²) in [5, 5.41) is 2.62. The first-order valence-corrected chi connectivity index (χ1v) is 8.92. The van der Waals surface area contributed by atoms with Gasteiger partial charge in [0.1, 0.15) is 23.8 Å². The molecule has 0 radical (unpaired) electrons. The molecule has 1 saturated heterocycles. The number of hydrogen-bond donors (Lipinski definition) is 1. The Kier molecular flexibility index (Phi) is 4.71. The second kappa shape index (κ2) is 7.34. The van der Waals surface area contributed by atoms with Crippen molar-refractivity contribution in [3.05, 3.63) is 65.9 Å². The number of carbonyl (C=O) groups is 3. The van der Waals surface area contributed by atoms with Crippen LogP contribution in [0.15, 0.2) is 48.8 Å². The van der Waals surface area contributed by atoms with E-state index in [-0.39, 0.29) is 36.0 Å². The summed E-state index contributed by atoms with van der Waals surface area (Å²) in [6.07, 6.45) is 2.43. The Morgan fingerprint density at radius 2 is 2.14 bits per heavy atom. The third-order valence-electron chi connectivity index (χ3n) is 4.67.